The van der Waals surface area contributed by atoms with E-state index < -0.39 is 0 Å². The Hall–Kier alpha value is -3.15. The fourth-order valence-corrected chi connectivity index (χ4v) is 4.78. The number of fused-ring (bicyclic) bond motifs is 2. The summed E-state index contributed by atoms with van der Waals surface area (Å²) in [7, 11) is 1.65. The zero-order valence-electron chi connectivity index (χ0n) is 18.6. The molecule has 3 aliphatic rings. The van der Waals surface area contributed by atoms with E-state index in [-0.39, 0.29) is 18.1 Å². The van der Waals surface area contributed by atoms with Gasteiger partial charge in [-0.05, 0) is 55.7 Å². The van der Waals surface area contributed by atoms with E-state index in [1.807, 2.05) is 35.2 Å². The summed E-state index contributed by atoms with van der Waals surface area (Å²) < 4.78 is 23.0. The van der Waals surface area contributed by atoms with Crippen molar-refractivity contribution in [3.63, 3.8) is 0 Å². The van der Waals surface area contributed by atoms with Gasteiger partial charge in [0.15, 0.2) is 11.5 Å². The van der Waals surface area contributed by atoms with Crippen molar-refractivity contribution in [2.45, 2.75) is 44.8 Å². The molecule has 3 aliphatic heterocycles. The van der Waals surface area contributed by atoms with E-state index in [9.17, 15) is 4.79 Å². The maximum absolute atomic E-state index is 13.1. The quantitative estimate of drug-likeness (QED) is 0.659. The van der Waals surface area contributed by atoms with E-state index in [1.165, 1.54) is 0 Å². The van der Waals surface area contributed by atoms with Crippen LogP contribution in [0.3, 0.4) is 0 Å². The van der Waals surface area contributed by atoms with Crippen LogP contribution in [0.4, 0.5) is 0 Å². The standard InChI is InChI=1S/C26H29NO5/c1-17-13-20-16-23(29-2)19(15-24(20)32-17)7-9-26(28)27-10-3-5-21(27)18-6-8-22-25(14-18)31-12-4-11-30-22/h6-9,14-17,21H,3-5,10-13H2,1-2H3. The molecule has 2 aromatic rings. The molecule has 6 heteroatoms. The van der Waals surface area contributed by atoms with Gasteiger partial charge in [-0.3, -0.25) is 4.79 Å². The Morgan fingerprint density at radius 2 is 1.94 bits per heavy atom. The van der Waals surface area contributed by atoms with Crippen molar-refractivity contribution in [2.75, 3.05) is 26.9 Å². The molecule has 2 atom stereocenters. The minimum absolute atomic E-state index is 0.00329. The molecule has 168 valence electrons. The first kappa shape index (κ1) is 20.7. The first-order valence-electron chi connectivity index (χ1n) is 11.4. The van der Waals surface area contributed by atoms with Gasteiger partial charge in [0.05, 0.1) is 26.4 Å². The molecule has 0 radical (unpaired) electrons. The molecule has 0 bridgehead atoms. The summed E-state index contributed by atoms with van der Waals surface area (Å²) in [6, 6.07) is 10.1. The predicted octanol–water partition coefficient (Wildman–Crippen LogP) is 4.56. The summed E-state index contributed by atoms with van der Waals surface area (Å²) in [5.74, 6) is 3.17. The Labute approximate surface area is 188 Å². The Morgan fingerprint density at radius 3 is 2.78 bits per heavy atom. The molecule has 1 saturated heterocycles. The van der Waals surface area contributed by atoms with E-state index in [0.717, 1.165) is 71.9 Å². The summed E-state index contributed by atoms with van der Waals surface area (Å²) in [5.41, 5.74) is 3.08. The lowest BCUT2D eigenvalue weighted by atomic mass is 10.0. The second kappa shape index (κ2) is 8.77. The van der Waals surface area contributed by atoms with Crippen molar-refractivity contribution < 1.29 is 23.7 Å². The third-order valence-electron chi connectivity index (χ3n) is 6.35. The van der Waals surface area contributed by atoms with E-state index in [4.69, 9.17) is 18.9 Å². The number of rotatable bonds is 4. The third kappa shape index (κ3) is 4.01. The summed E-state index contributed by atoms with van der Waals surface area (Å²) >= 11 is 0. The van der Waals surface area contributed by atoms with Crippen molar-refractivity contribution in [1.29, 1.82) is 0 Å². The molecular weight excluding hydrogens is 406 g/mol. The van der Waals surface area contributed by atoms with Crippen LogP contribution < -0.4 is 18.9 Å². The number of amides is 1. The molecule has 1 amide bonds. The van der Waals surface area contributed by atoms with Crippen LogP contribution in [-0.2, 0) is 11.2 Å². The van der Waals surface area contributed by atoms with Gasteiger partial charge < -0.3 is 23.8 Å². The SMILES string of the molecule is COc1cc2c(cc1C=CC(=O)N1CCCC1c1ccc3c(c1)OCCCO3)OC(C)C2. The number of likely N-dealkylation sites (tertiary alicyclic amines) is 1. The van der Waals surface area contributed by atoms with Gasteiger partial charge in [-0.2, -0.15) is 0 Å². The molecule has 6 nitrogen and oxygen atoms in total. The zero-order valence-corrected chi connectivity index (χ0v) is 18.6. The molecule has 3 heterocycles. The molecule has 1 fully saturated rings. The molecule has 0 spiro atoms. The number of hydrogen-bond donors (Lipinski definition) is 0. The number of nitrogens with zero attached hydrogens (tertiary/aromatic N) is 1. The van der Waals surface area contributed by atoms with Crippen LogP contribution in [0.2, 0.25) is 0 Å². The van der Waals surface area contributed by atoms with Gasteiger partial charge in [0.1, 0.15) is 17.6 Å². The topological polar surface area (TPSA) is 57.2 Å². The van der Waals surface area contributed by atoms with Crippen molar-refractivity contribution in [1.82, 2.24) is 4.90 Å². The van der Waals surface area contributed by atoms with Gasteiger partial charge in [0.25, 0.3) is 0 Å². The van der Waals surface area contributed by atoms with Gasteiger partial charge in [-0.1, -0.05) is 6.07 Å². The first-order valence-corrected chi connectivity index (χ1v) is 11.4. The Balaban J connectivity index is 1.35. The first-order chi connectivity index (χ1) is 15.6. The maximum Gasteiger partial charge on any atom is 0.247 e. The summed E-state index contributed by atoms with van der Waals surface area (Å²) in [6.07, 6.45) is 7.30. The molecule has 0 aliphatic carbocycles. The fraction of sp³-hybridized carbons (Fsp3) is 0.423. The van der Waals surface area contributed by atoms with Crippen LogP contribution in [0.25, 0.3) is 6.08 Å². The van der Waals surface area contributed by atoms with E-state index in [1.54, 1.807) is 13.2 Å². The van der Waals surface area contributed by atoms with Gasteiger partial charge in [-0.15, -0.1) is 0 Å². The number of carbonyl (C=O) groups excluding carboxylic acids is 1. The number of benzene rings is 2. The molecule has 0 N–H and O–H groups in total. The number of hydrogen-bond acceptors (Lipinski definition) is 5. The van der Waals surface area contributed by atoms with E-state index in [2.05, 4.69) is 13.0 Å². The van der Waals surface area contributed by atoms with Crippen LogP contribution in [0.5, 0.6) is 23.0 Å². The van der Waals surface area contributed by atoms with Crippen LogP contribution >= 0.6 is 0 Å². The Morgan fingerprint density at radius 1 is 1.09 bits per heavy atom. The van der Waals surface area contributed by atoms with Gasteiger partial charge in [0, 0.05) is 36.6 Å². The van der Waals surface area contributed by atoms with Crippen molar-refractivity contribution >= 4 is 12.0 Å². The second-order valence-electron chi connectivity index (χ2n) is 8.61. The molecule has 32 heavy (non-hydrogen) atoms. The Bertz CT molecular complexity index is 1050. The average Bonchev–Trinajstić information content (AvgIpc) is 3.35. The minimum atomic E-state index is -0.00329. The van der Waals surface area contributed by atoms with E-state index >= 15 is 0 Å². The lowest BCUT2D eigenvalue weighted by Gasteiger charge is -2.24. The molecule has 0 aromatic heterocycles. The number of carbonyl (C=O) groups is 1. The molecular formula is C26H29NO5. The maximum atomic E-state index is 13.1. The largest absolute Gasteiger partial charge is 0.496 e. The fourth-order valence-electron chi connectivity index (χ4n) is 4.78. The highest BCUT2D eigenvalue weighted by Gasteiger charge is 2.30. The summed E-state index contributed by atoms with van der Waals surface area (Å²) in [6.45, 7) is 4.11. The zero-order chi connectivity index (χ0) is 22.1. The smallest absolute Gasteiger partial charge is 0.247 e. The number of methoxy groups -OCH3 is 1. The average molecular weight is 436 g/mol. The molecule has 2 unspecified atom stereocenters. The van der Waals surface area contributed by atoms with Crippen LogP contribution in [-0.4, -0.2) is 43.8 Å². The summed E-state index contributed by atoms with van der Waals surface area (Å²) in [5, 5.41) is 0. The van der Waals surface area contributed by atoms with Crippen molar-refractivity contribution in [3.05, 3.63) is 53.1 Å². The molecule has 2 aromatic carbocycles. The third-order valence-corrected chi connectivity index (χ3v) is 6.35. The monoisotopic (exact) mass is 435 g/mol. The number of ether oxygens (including phenoxy) is 4. The normalized spacial score (nSPS) is 21.9. The van der Waals surface area contributed by atoms with E-state index in [0.29, 0.717) is 13.2 Å². The summed E-state index contributed by atoms with van der Waals surface area (Å²) in [4.78, 5) is 15.1. The van der Waals surface area contributed by atoms with Crippen molar-refractivity contribution in [3.8, 4) is 23.0 Å². The lowest BCUT2D eigenvalue weighted by Crippen LogP contribution is -2.28. The van der Waals surface area contributed by atoms with Gasteiger partial charge >= 0.3 is 0 Å². The van der Waals surface area contributed by atoms with Crippen LogP contribution in [0.1, 0.15) is 48.9 Å². The predicted molar refractivity (Wildman–Crippen MR) is 122 cm³/mol. The molecule has 0 saturated carbocycles. The highest BCUT2D eigenvalue weighted by Crippen LogP contribution is 2.39. The highest BCUT2D eigenvalue weighted by atomic mass is 16.5. The van der Waals surface area contributed by atoms with Crippen LogP contribution in [0, 0.1) is 0 Å². The Kier molecular flexibility index (Phi) is 5.68. The van der Waals surface area contributed by atoms with Crippen LogP contribution in [0.15, 0.2) is 36.4 Å². The highest BCUT2D eigenvalue weighted by molar-refractivity contribution is 5.92. The van der Waals surface area contributed by atoms with Crippen molar-refractivity contribution in [2.24, 2.45) is 0 Å². The van der Waals surface area contributed by atoms with Gasteiger partial charge in [0.2, 0.25) is 5.91 Å². The lowest BCUT2D eigenvalue weighted by molar-refractivity contribution is -0.126. The second-order valence-corrected chi connectivity index (χ2v) is 8.61. The van der Waals surface area contributed by atoms with Gasteiger partial charge in [-0.25, -0.2) is 0 Å². The minimum Gasteiger partial charge on any atom is -0.496 e. The molecule has 5 rings (SSSR count).